The predicted molar refractivity (Wildman–Crippen MR) is 90.4 cm³/mol. The molecular formula is C13H22ClN3O3S2. The molecule has 6 nitrogen and oxygen atoms in total. The van der Waals surface area contributed by atoms with Crippen molar-refractivity contribution >= 4 is 39.7 Å². The Kier molecular flexibility index (Phi) is 6.82. The van der Waals surface area contributed by atoms with Crippen molar-refractivity contribution in [3.63, 3.8) is 0 Å². The SMILES string of the molecule is CC1CC(NC(=O)c2sccc2S(=O)(=O)N(C)C)CCN1.Cl. The molecule has 2 atom stereocenters. The van der Waals surface area contributed by atoms with Crippen LogP contribution < -0.4 is 10.6 Å². The van der Waals surface area contributed by atoms with Crippen LogP contribution in [0.4, 0.5) is 0 Å². The van der Waals surface area contributed by atoms with Gasteiger partial charge in [-0.25, -0.2) is 12.7 Å². The fourth-order valence-electron chi connectivity index (χ4n) is 2.38. The first-order valence-corrected chi connectivity index (χ1v) is 9.18. The van der Waals surface area contributed by atoms with Crippen LogP contribution in [-0.4, -0.2) is 51.4 Å². The van der Waals surface area contributed by atoms with Crippen molar-refractivity contribution in [2.45, 2.75) is 36.7 Å². The molecule has 1 fully saturated rings. The van der Waals surface area contributed by atoms with Gasteiger partial charge in [0.05, 0.1) is 0 Å². The summed E-state index contributed by atoms with van der Waals surface area (Å²) in [6, 6.07) is 1.93. The van der Waals surface area contributed by atoms with Crippen molar-refractivity contribution in [2.75, 3.05) is 20.6 Å². The van der Waals surface area contributed by atoms with E-state index in [-0.39, 0.29) is 34.1 Å². The molecule has 0 aliphatic carbocycles. The summed E-state index contributed by atoms with van der Waals surface area (Å²) >= 11 is 1.16. The molecule has 9 heteroatoms. The number of carbonyl (C=O) groups excluding carboxylic acids is 1. The Balaban J connectivity index is 0.00000242. The molecule has 0 radical (unpaired) electrons. The minimum absolute atomic E-state index is 0. The van der Waals surface area contributed by atoms with Gasteiger partial charge >= 0.3 is 0 Å². The third-order valence-corrected chi connectivity index (χ3v) is 6.45. The lowest BCUT2D eigenvalue weighted by Crippen LogP contribution is -2.46. The molecule has 0 saturated carbocycles. The number of hydrogen-bond donors (Lipinski definition) is 2. The summed E-state index contributed by atoms with van der Waals surface area (Å²) in [4.78, 5) is 12.7. The fraction of sp³-hybridized carbons (Fsp3) is 0.615. The van der Waals surface area contributed by atoms with Crippen LogP contribution in [0.25, 0.3) is 0 Å². The maximum Gasteiger partial charge on any atom is 0.262 e. The summed E-state index contributed by atoms with van der Waals surface area (Å²) in [6.07, 6.45) is 1.71. The van der Waals surface area contributed by atoms with E-state index in [0.717, 1.165) is 35.0 Å². The first-order chi connectivity index (χ1) is 9.82. The van der Waals surface area contributed by atoms with Gasteiger partial charge in [-0.15, -0.1) is 23.7 Å². The number of halogens is 1. The summed E-state index contributed by atoms with van der Waals surface area (Å²) in [5.74, 6) is -0.301. The zero-order valence-corrected chi connectivity index (χ0v) is 15.3. The number of piperidine rings is 1. The van der Waals surface area contributed by atoms with E-state index in [4.69, 9.17) is 0 Å². The van der Waals surface area contributed by atoms with Gasteiger partial charge in [0.15, 0.2) is 0 Å². The average Bonchev–Trinajstić information content (AvgIpc) is 2.88. The van der Waals surface area contributed by atoms with E-state index in [1.165, 1.54) is 20.2 Å². The highest BCUT2D eigenvalue weighted by atomic mass is 35.5. The van der Waals surface area contributed by atoms with Crippen molar-refractivity contribution in [1.82, 2.24) is 14.9 Å². The Hall–Kier alpha value is -0.670. The van der Waals surface area contributed by atoms with Crippen LogP contribution in [0.1, 0.15) is 29.4 Å². The summed E-state index contributed by atoms with van der Waals surface area (Å²) in [7, 11) is -0.667. The van der Waals surface area contributed by atoms with Crippen molar-refractivity contribution in [1.29, 1.82) is 0 Å². The molecule has 1 amide bonds. The van der Waals surface area contributed by atoms with Crippen LogP contribution in [0.15, 0.2) is 16.3 Å². The Labute approximate surface area is 141 Å². The van der Waals surface area contributed by atoms with Gasteiger partial charge in [-0.3, -0.25) is 4.79 Å². The molecule has 2 heterocycles. The van der Waals surface area contributed by atoms with Gasteiger partial charge in [-0.1, -0.05) is 0 Å². The van der Waals surface area contributed by atoms with Crippen molar-refractivity contribution in [3.05, 3.63) is 16.3 Å². The Morgan fingerprint density at radius 2 is 2.14 bits per heavy atom. The molecule has 1 aliphatic rings. The third kappa shape index (κ3) is 4.20. The highest BCUT2D eigenvalue weighted by Gasteiger charge is 2.28. The van der Waals surface area contributed by atoms with E-state index in [0.29, 0.717) is 6.04 Å². The third-order valence-electron chi connectivity index (χ3n) is 3.55. The van der Waals surface area contributed by atoms with Crippen LogP contribution in [-0.2, 0) is 10.0 Å². The second kappa shape index (κ2) is 7.74. The standard InChI is InChI=1S/C13H21N3O3S2.ClH/c1-9-8-10(4-6-14-9)15-13(17)12-11(5-7-20-12)21(18,19)16(2)3;/h5,7,9-10,14H,4,6,8H2,1-3H3,(H,15,17);1H. The van der Waals surface area contributed by atoms with Crippen LogP contribution in [0.3, 0.4) is 0 Å². The number of nitrogens with one attached hydrogen (secondary N) is 2. The van der Waals surface area contributed by atoms with E-state index < -0.39 is 10.0 Å². The minimum atomic E-state index is -3.59. The Morgan fingerprint density at radius 1 is 1.45 bits per heavy atom. The van der Waals surface area contributed by atoms with Gasteiger partial charge in [0.2, 0.25) is 10.0 Å². The van der Waals surface area contributed by atoms with Crippen LogP contribution >= 0.6 is 23.7 Å². The van der Waals surface area contributed by atoms with Gasteiger partial charge in [-0.2, -0.15) is 0 Å². The number of carbonyl (C=O) groups is 1. The summed E-state index contributed by atoms with van der Waals surface area (Å²) < 4.78 is 25.5. The number of sulfonamides is 1. The molecule has 2 rings (SSSR count). The van der Waals surface area contributed by atoms with E-state index in [1.807, 2.05) is 0 Å². The van der Waals surface area contributed by atoms with Gasteiger partial charge in [-0.05, 0) is 37.8 Å². The second-order valence-corrected chi connectivity index (χ2v) is 8.49. The molecule has 0 bridgehead atoms. The quantitative estimate of drug-likeness (QED) is 0.840. The Bertz CT molecular complexity index is 616. The average molecular weight is 368 g/mol. The number of hydrogen-bond acceptors (Lipinski definition) is 5. The summed E-state index contributed by atoms with van der Waals surface area (Å²) in [6.45, 7) is 2.94. The van der Waals surface area contributed by atoms with Crippen LogP contribution in [0.2, 0.25) is 0 Å². The van der Waals surface area contributed by atoms with Gasteiger partial charge in [0.25, 0.3) is 5.91 Å². The molecule has 1 saturated heterocycles. The lowest BCUT2D eigenvalue weighted by molar-refractivity contribution is 0.0926. The van der Waals surface area contributed by atoms with E-state index in [1.54, 1.807) is 5.38 Å². The molecule has 1 aromatic heterocycles. The minimum Gasteiger partial charge on any atom is -0.348 e. The molecule has 0 spiro atoms. The van der Waals surface area contributed by atoms with Crippen LogP contribution in [0, 0.1) is 0 Å². The normalized spacial score (nSPS) is 22.2. The van der Waals surface area contributed by atoms with Gasteiger partial charge in [0.1, 0.15) is 9.77 Å². The smallest absolute Gasteiger partial charge is 0.262 e. The first-order valence-electron chi connectivity index (χ1n) is 6.86. The molecule has 0 aromatic carbocycles. The predicted octanol–water partition coefficient (Wildman–Crippen LogP) is 1.29. The van der Waals surface area contributed by atoms with E-state index in [9.17, 15) is 13.2 Å². The number of amides is 1. The summed E-state index contributed by atoms with van der Waals surface area (Å²) in [5, 5.41) is 7.91. The monoisotopic (exact) mass is 367 g/mol. The topological polar surface area (TPSA) is 78.5 Å². The maximum atomic E-state index is 12.4. The molecule has 2 unspecified atom stereocenters. The highest BCUT2D eigenvalue weighted by Crippen LogP contribution is 2.24. The van der Waals surface area contributed by atoms with Crippen LogP contribution in [0.5, 0.6) is 0 Å². The molecule has 126 valence electrons. The van der Waals surface area contributed by atoms with E-state index in [2.05, 4.69) is 17.6 Å². The zero-order chi connectivity index (χ0) is 15.6. The largest absolute Gasteiger partial charge is 0.348 e. The lowest BCUT2D eigenvalue weighted by atomic mass is 10.0. The number of nitrogens with zero attached hydrogens (tertiary/aromatic N) is 1. The number of thiophene rings is 1. The van der Waals surface area contributed by atoms with Crippen molar-refractivity contribution < 1.29 is 13.2 Å². The lowest BCUT2D eigenvalue weighted by Gasteiger charge is -2.28. The number of rotatable bonds is 4. The molecule has 1 aliphatic heterocycles. The maximum absolute atomic E-state index is 12.4. The highest BCUT2D eigenvalue weighted by molar-refractivity contribution is 7.89. The Morgan fingerprint density at radius 3 is 2.73 bits per heavy atom. The summed E-state index contributed by atoms with van der Waals surface area (Å²) in [5.41, 5.74) is 0. The van der Waals surface area contributed by atoms with Crippen molar-refractivity contribution in [2.24, 2.45) is 0 Å². The molecule has 2 N–H and O–H groups in total. The fourth-order valence-corrected chi connectivity index (χ4v) is 4.57. The molecule has 22 heavy (non-hydrogen) atoms. The van der Waals surface area contributed by atoms with Gasteiger partial charge < -0.3 is 10.6 Å². The second-order valence-electron chi connectivity index (χ2n) is 5.45. The zero-order valence-electron chi connectivity index (χ0n) is 12.8. The van der Waals surface area contributed by atoms with Crippen molar-refractivity contribution in [3.8, 4) is 0 Å². The molecular weight excluding hydrogens is 346 g/mol. The van der Waals surface area contributed by atoms with E-state index >= 15 is 0 Å². The van der Waals surface area contributed by atoms with Gasteiger partial charge in [0, 0.05) is 26.2 Å². The first kappa shape index (κ1) is 19.4. The molecule has 1 aromatic rings.